The molecule has 0 radical (unpaired) electrons. The first-order valence-corrected chi connectivity index (χ1v) is 31.7. The third-order valence-electron chi connectivity index (χ3n) is 20.4. The predicted octanol–water partition coefficient (Wildman–Crippen LogP) is 23.3. The fraction of sp³-hybridized carbons (Fsp3) is 0.0667. The minimum absolute atomic E-state index is 0.416. The van der Waals surface area contributed by atoms with Gasteiger partial charge in [0.2, 0.25) is 0 Å². The summed E-state index contributed by atoms with van der Waals surface area (Å²) in [6.07, 6.45) is 0. The largest absolute Gasteiger partial charge is 0.0725 e. The molecule has 3 aliphatic carbocycles. The average molecular weight is 1150 g/mol. The van der Waals surface area contributed by atoms with Crippen molar-refractivity contribution in [2.75, 3.05) is 0 Å². The summed E-state index contributed by atoms with van der Waals surface area (Å²) in [6.45, 7) is 8.94. The molecule has 0 atom stereocenters. The average Bonchev–Trinajstić information content (AvgIpc) is 1.52. The molecule has 90 heavy (non-hydrogen) atoms. The number of hydrogen-bond acceptors (Lipinski definition) is 0. The topological polar surface area (TPSA) is 0 Å². The van der Waals surface area contributed by atoms with Crippen LogP contribution in [0.3, 0.4) is 0 Å². The summed E-state index contributed by atoms with van der Waals surface area (Å²) in [5.41, 5.74) is 39.5. The molecular formula is C90H64. The smallest absolute Gasteiger partial charge is 0.0622 e. The van der Waals surface area contributed by atoms with E-state index < -0.39 is 10.8 Å². The maximum absolute atomic E-state index is 2.49. The van der Waals surface area contributed by atoms with Crippen LogP contribution in [0.15, 0.2) is 315 Å². The summed E-state index contributed by atoms with van der Waals surface area (Å²) in [7, 11) is 0. The summed E-state index contributed by atoms with van der Waals surface area (Å²) in [6, 6.07) is 119. The molecule has 14 aromatic carbocycles. The van der Waals surface area contributed by atoms with Crippen LogP contribution >= 0.6 is 0 Å². The number of rotatable bonds is 9. The molecule has 1 spiro atoms. The zero-order valence-electron chi connectivity index (χ0n) is 51.0. The molecule has 0 N–H and O–H groups in total. The Kier molecular flexibility index (Phi) is 12.4. The highest BCUT2D eigenvalue weighted by molar-refractivity contribution is 6.01. The fourth-order valence-electron chi connectivity index (χ4n) is 15.8. The summed E-state index contributed by atoms with van der Waals surface area (Å²) in [5, 5.41) is 0. The molecule has 17 rings (SSSR count). The summed E-state index contributed by atoms with van der Waals surface area (Å²) in [5.74, 6) is 0. The molecule has 3 aliphatic rings. The van der Waals surface area contributed by atoms with Gasteiger partial charge in [0.25, 0.3) is 0 Å². The number of benzene rings is 14. The van der Waals surface area contributed by atoms with Gasteiger partial charge in [0.1, 0.15) is 0 Å². The van der Waals surface area contributed by atoms with Crippen molar-refractivity contribution >= 4 is 0 Å². The molecule has 0 amide bonds. The lowest BCUT2D eigenvalue weighted by Crippen LogP contribution is -2.29. The monoisotopic (exact) mass is 1140 g/mol. The second-order valence-corrected chi connectivity index (χ2v) is 25.3. The lowest BCUT2D eigenvalue weighted by atomic mass is 9.66. The van der Waals surface area contributed by atoms with Crippen LogP contribution in [0.2, 0.25) is 0 Å². The van der Waals surface area contributed by atoms with Gasteiger partial charge in [-0.25, -0.2) is 0 Å². The first-order chi connectivity index (χ1) is 44.2. The van der Waals surface area contributed by atoms with Crippen LogP contribution in [0, 0.1) is 27.7 Å². The molecule has 14 aromatic rings. The van der Waals surface area contributed by atoms with Gasteiger partial charge in [-0.05, 0) is 254 Å². The number of fused-ring (bicyclic) bond motifs is 13. The van der Waals surface area contributed by atoms with Gasteiger partial charge < -0.3 is 0 Å². The van der Waals surface area contributed by atoms with E-state index in [-0.39, 0.29) is 0 Å². The third-order valence-corrected chi connectivity index (χ3v) is 20.4. The van der Waals surface area contributed by atoms with Crippen LogP contribution in [0.4, 0.5) is 0 Å². The van der Waals surface area contributed by atoms with Gasteiger partial charge >= 0.3 is 0 Å². The van der Waals surface area contributed by atoms with Crippen LogP contribution in [-0.4, -0.2) is 0 Å². The molecule has 0 nitrogen and oxygen atoms in total. The van der Waals surface area contributed by atoms with Crippen molar-refractivity contribution in [1.82, 2.24) is 0 Å². The second kappa shape index (κ2) is 20.9. The van der Waals surface area contributed by atoms with Crippen molar-refractivity contribution in [3.8, 4) is 111 Å². The highest BCUT2D eigenvalue weighted by Crippen LogP contribution is 2.64. The van der Waals surface area contributed by atoms with Gasteiger partial charge in [-0.3, -0.25) is 0 Å². The van der Waals surface area contributed by atoms with E-state index >= 15 is 0 Å². The molecule has 0 saturated carbocycles. The van der Waals surface area contributed by atoms with E-state index in [4.69, 9.17) is 0 Å². The Morgan fingerprint density at radius 1 is 0.167 bits per heavy atom. The molecule has 0 bridgehead atoms. The molecule has 0 heteroatoms. The van der Waals surface area contributed by atoms with Crippen LogP contribution < -0.4 is 0 Å². The number of hydrogen-bond donors (Lipinski definition) is 0. The quantitative estimate of drug-likeness (QED) is 0.135. The summed E-state index contributed by atoms with van der Waals surface area (Å²) in [4.78, 5) is 0. The first-order valence-electron chi connectivity index (χ1n) is 31.7. The van der Waals surface area contributed by atoms with Gasteiger partial charge in [0.15, 0.2) is 0 Å². The van der Waals surface area contributed by atoms with Crippen LogP contribution in [0.5, 0.6) is 0 Å². The Balaban J connectivity index is 0.725. The molecule has 0 unspecified atom stereocenters. The Hall–Kier alpha value is -10.9. The minimum Gasteiger partial charge on any atom is -0.0622 e. The lowest BCUT2D eigenvalue weighted by Gasteiger charge is -2.35. The zero-order valence-corrected chi connectivity index (χ0v) is 51.0. The Bertz CT molecular complexity index is 5140. The molecular weight excluding hydrogens is 1080 g/mol. The van der Waals surface area contributed by atoms with Crippen LogP contribution in [0.25, 0.3) is 111 Å². The van der Waals surface area contributed by atoms with Crippen molar-refractivity contribution in [3.63, 3.8) is 0 Å². The van der Waals surface area contributed by atoms with E-state index in [2.05, 4.69) is 343 Å². The van der Waals surface area contributed by atoms with Gasteiger partial charge in [-0.15, -0.1) is 0 Å². The zero-order chi connectivity index (χ0) is 60.2. The summed E-state index contributed by atoms with van der Waals surface area (Å²) < 4.78 is 0. The molecule has 0 aliphatic heterocycles. The Labute approximate surface area is 528 Å². The van der Waals surface area contributed by atoms with Crippen molar-refractivity contribution in [3.05, 3.63) is 382 Å². The predicted molar refractivity (Wildman–Crippen MR) is 377 cm³/mol. The Morgan fingerprint density at radius 3 is 0.967 bits per heavy atom. The van der Waals surface area contributed by atoms with Crippen molar-refractivity contribution < 1.29 is 0 Å². The van der Waals surface area contributed by atoms with E-state index in [0.717, 1.165) is 0 Å². The number of aryl methyl sites for hydroxylation is 4. The lowest BCUT2D eigenvalue weighted by molar-refractivity contribution is 0.765. The maximum Gasteiger partial charge on any atom is 0.0725 e. The van der Waals surface area contributed by atoms with Gasteiger partial charge in [0, 0.05) is 0 Å². The van der Waals surface area contributed by atoms with Gasteiger partial charge in [0.05, 0.1) is 10.8 Å². The van der Waals surface area contributed by atoms with E-state index in [0.29, 0.717) is 0 Å². The molecule has 0 aromatic heterocycles. The summed E-state index contributed by atoms with van der Waals surface area (Å²) >= 11 is 0. The maximum atomic E-state index is 2.49. The van der Waals surface area contributed by atoms with E-state index in [1.54, 1.807) is 0 Å². The SMILES string of the molecule is Cc1ccc(C2(c3ccc(C)c(C)c3)c3ccccc3-c3ccc(-c4cccc(-c5cccc(-c6cccc(-c7cccc(-c8cc(-c9ccccc9)cc(-c9cccc%10c9-c9ccccc9C%109c%10ccccc%10-c%10ccccc%109)c8)c7)c6)c5)c4)cc32)cc1C. The highest BCUT2D eigenvalue weighted by atomic mass is 14.5. The highest BCUT2D eigenvalue weighted by Gasteiger charge is 2.52. The molecule has 0 saturated heterocycles. The van der Waals surface area contributed by atoms with E-state index in [1.165, 1.54) is 178 Å². The van der Waals surface area contributed by atoms with Gasteiger partial charge in [-0.2, -0.15) is 0 Å². The normalized spacial score (nSPS) is 13.3. The van der Waals surface area contributed by atoms with Crippen molar-refractivity contribution in [1.29, 1.82) is 0 Å². The third kappa shape index (κ3) is 8.14. The Morgan fingerprint density at radius 2 is 0.489 bits per heavy atom. The van der Waals surface area contributed by atoms with Crippen LogP contribution in [0.1, 0.15) is 66.8 Å². The first kappa shape index (κ1) is 53.3. The molecule has 0 fully saturated rings. The molecule has 424 valence electrons. The fourth-order valence-corrected chi connectivity index (χ4v) is 15.8. The van der Waals surface area contributed by atoms with Crippen molar-refractivity contribution in [2.24, 2.45) is 0 Å². The second-order valence-electron chi connectivity index (χ2n) is 25.3. The van der Waals surface area contributed by atoms with E-state index in [1.807, 2.05) is 0 Å². The van der Waals surface area contributed by atoms with E-state index in [9.17, 15) is 0 Å². The van der Waals surface area contributed by atoms with Gasteiger partial charge in [-0.1, -0.05) is 267 Å². The molecule has 0 heterocycles. The standard InChI is InChI=1S/C90H64/c1-57-41-44-74(47-59(57)3)89(75-45-42-58(2)60(4)48-75)82-36-12-8-33-79(82)80-46-43-70(56-87(80)89)68-29-18-27-66(51-68)64-25-16-23-62(49-64)63-24-17-26-65(50-63)67-28-19-30-69(52-67)72-53-71(61-21-6-5-7-22-61)54-73(55-72)76-35-20-40-86-88(76)81-34-11-15-39-85(81)90(86)83-37-13-9-31-77(83)78-32-10-14-38-84(78)90/h5-56H,1-4H3. The van der Waals surface area contributed by atoms with Crippen molar-refractivity contribution in [2.45, 2.75) is 38.5 Å². The van der Waals surface area contributed by atoms with Crippen LogP contribution in [-0.2, 0) is 10.8 Å². The minimum atomic E-state index is -0.489.